The number of likely N-dealkylation sites (tertiary alicyclic amines) is 1. The van der Waals surface area contributed by atoms with Crippen LogP contribution in [-0.2, 0) is 17.6 Å². The van der Waals surface area contributed by atoms with Crippen molar-refractivity contribution in [2.24, 2.45) is 0 Å². The summed E-state index contributed by atoms with van der Waals surface area (Å²) in [4.78, 5) is 13.9. The summed E-state index contributed by atoms with van der Waals surface area (Å²) >= 11 is 0. The van der Waals surface area contributed by atoms with Crippen LogP contribution in [-0.4, -0.2) is 37.6 Å². The second-order valence-corrected chi connectivity index (χ2v) is 6.10. The maximum atomic E-state index is 11.9. The summed E-state index contributed by atoms with van der Waals surface area (Å²) in [7, 11) is 3.33. The third kappa shape index (κ3) is 3.70. The van der Waals surface area contributed by atoms with E-state index in [0.717, 1.165) is 30.9 Å². The fraction of sp³-hybridized carbons (Fsp3) is 0.350. The fourth-order valence-electron chi connectivity index (χ4n) is 3.08. The Morgan fingerprint density at radius 2 is 1.33 bits per heavy atom. The third-order valence-corrected chi connectivity index (χ3v) is 4.59. The zero-order valence-electron chi connectivity index (χ0n) is 14.2. The van der Waals surface area contributed by atoms with E-state index in [2.05, 4.69) is 24.3 Å². The second kappa shape index (κ2) is 7.39. The van der Waals surface area contributed by atoms with Crippen LogP contribution in [0.3, 0.4) is 0 Å². The Bertz CT molecular complexity index is 630. The highest BCUT2D eigenvalue weighted by Gasteiger charge is 2.31. The molecule has 0 aromatic heterocycles. The van der Waals surface area contributed by atoms with Gasteiger partial charge >= 0.3 is 0 Å². The van der Waals surface area contributed by atoms with E-state index >= 15 is 0 Å². The lowest BCUT2D eigenvalue weighted by molar-refractivity contribution is -0.142. The normalized spacial score (nSPS) is 13.8. The molecule has 0 aliphatic carbocycles. The van der Waals surface area contributed by atoms with Gasteiger partial charge in [0.1, 0.15) is 11.5 Å². The van der Waals surface area contributed by atoms with Crippen LogP contribution in [0.4, 0.5) is 0 Å². The summed E-state index contributed by atoms with van der Waals surface area (Å²) in [5.74, 6) is 1.96. The predicted octanol–water partition coefficient (Wildman–Crippen LogP) is 3.09. The van der Waals surface area contributed by atoms with Crippen molar-refractivity contribution in [1.82, 2.24) is 4.90 Å². The number of nitrogens with zero attached hydrogens (tertiary/aromatic N) is 1. The number of hydrogen-bond donors (Lipinski definition) is 0. The molecule has 126 valence electrons. The summed E-state index contributed by atoms with van der Waals surface area (Å²) in [6.07, 6.45) is 2.37. The van der Waals surface area contributed by atoms with E-state index < -0.39 is 0 Å². The molecule has 0 bridgehead atoms. The molecule has 4 nitrogen and oxygen atoms in total. The molecule has 0 N–H and O–H groups in total. The Hall–Kier alpha value is -2.49. The van der Waals surface area contributed by atoms with Crippen molar-refractivity contribution in [2.45, 2.75) is 25.3 Å². The molecule has 4 heteroatoms. The van der Waals surface area contributed by atoms with Gasteiger partial charge in [-0.25, -0.2) is 0 Å². The van der Waals surface area contributed by atoms with Crippen LogP contribution in [0.15, 0.2) is 48.5 Å². The first-order valence-corrected chi connectivity index (χ1v) is 8.25. The van der Waals surface area contributed by atoms with Crippen LogP contribution in [0.1, 0.15) is 17.5 Å². The van der Waals surface area contributed by atoms with Gasteiger partial charge in [-0.1, -0.05) is 24.3 Å². The topological polar surface area (TPSA) is 38.8 Å². The molecule has 2 aromatic rings. The highest BCUT2D eigenvalue weighted by atomic mass is 16.5. The molecular weight excluding hydrogens is 302 g/mol. The number of carbonyl (C=O) groups is 1. The number of methoxy groups -OCH3 is 2. The van der Waals surface area contributed by atoms with Crippen molar-refractivity contribution in [2.75, 3.05) is 20.8 Å². The molecule has 1 heterocycles. The second-order valence-electron chi connectivity index (χ2n) is 6.10. The number of rotatable bonds is 7. The number of benzene rings is 2. The highest BCUT2D eigenvalue weighted by Crippen LogP contribution is 2.23. The van der Waals surface area contributed by atoms with E-state index in [4.69, 9.17) is 9.47 Å². The molecule has 1 aliphatic rings. The van der Waals surface area contributed by atoms with E-state index in [9.17, 15) is 4.79 Å². The first kappa shape index (κ1) is 16.4. The summed E-state index contributed by atoms with van der Waals surface area (Å²) in [5, 5.41) is 0. The largest absolute Gasteiger partial charge is 0.497 e. The minimum atomic E-state index is 0.188. The zero-order valence-corrected chi connectivity index (χ0v) is 14.2. The van der Waals surface area contributed by atoms with Crippen molar-refractivity contribution in [3.8, 4) is 11.5 Å². The van der Waals surface area contributed by atoms with Gasteiger partial charge in [-0.05, 0) is 48.2 Å². The summed E-state index contributed by atoms with van der Waals surface area (Å²) < 4.78 is 10.4. The average molecular weight is 325 g/mol. The van der Waals surface area contributed by atoms with Gasteiger partial charge in [-0.2, -0.15) is 0 Å². The molecule has 0 atom stereocenters. The smallest absolute Gasteiger partial charge is 0.224 e. The number of hydrogen-bond acceptors (Lipinski definition) is 3. The molecule has 0 saturated carbocycles. The van der Waals surface area contributed by atoms with Crippen LogP contribution in [0.5, 0.6) is 11.5 Å². The average Bonchev–Trinajstić information content (AvgIpc) is 2.61. The molecule has 1 saturated heterocycles. The Kier molecular flexibility index (Phi) is 5.04. The molecule has 1 aliphatic heterocycles. The predicted molar refractivity (Wildman–Crippen MR) is 93.5 cm³/mol. The summed E-state index contributed by atoms with van der Waals surface area (Å²) in [5.41, 5.74) is 2.43. The lowest BCUT2D eigenvalue weighted by Gasteiger charge is -2.38. The molecule has 0 unspecified atom stereocenters. The lowest BCUT2D eigenvalue weighted by Crippen LogP contribution is -2.51. The van der Waals surface area contributed by atoms with Crippen LogP contribution >= 0.6 is 0 Å². The molecule has 1 amide bonds. The van der Waals surface area contributed by atoms with Crippen LogP contribution in [0.2, 0.25) is 0 Å². The Morgan fingerprint density at radius 3 is 1.62 bits per heavy atom. The molecule has 3 rings (SSSR count). The third-order valence-electron chi connectivity index (χ3n) is 4.59. The number of amides is 1. The van der Waals surface area contributed by atoms with Gasteiger partial charge in [-0.15, -0.1) is 0 Å². The van der Waals surface area contributed by atoms with Gasteiger partial charge < -0.3 is 14.4 Å². The van der Waals surface area contributed by atoms with Gasteiger partial charge in [0.2, 0.25) is 5.91 Å². The van der Waals surface area contributed by atoms with Crippen molar-refractivity contribution >= 4 is 5.91 Å². The molecule has 0 radical (unpaired) electrons. The van der Waals surface area contributed by atoms with Crippen molar-refractivity contribution in [1.29, 1.82) is 0 Å². The SMILES string of the molecule is COc1ccc(CC(Cc2ccc(OC)cc2)N2CCC2=O)cc1. The van der Waals surface area contributed by atoms with Crippen molar-refractivity contribution < 1.29 is 14.3 Å². The maximum Gasteiger partial charge on any atom is 0.224 e. The Labute approximate surface area is 143 Å². The fourth-order valence-corrected chi connectivity index (χ4v) is 3.08. The minimum Gasteiger partial charge on any atom is -0.497 e. The molecule has 24 heavy (non-hydrogen) atoms. The number of β-lactam (4-membered cyclic amide) rings is 1. The van der Waals surface area contributed by atoms with Crippen LogP contribution < -0.4 is 9.47 Å². The van der Waals surface area contributed by atoms with Crippen LogP contribution in [0.25, 0.3) is 0 Å². The Balaban J connectivity index is 1.73. The summed E-state index contributed by atoms with van der Waals surface area (Å²) in [6, 6.07) is 16.4. The summed E-state index contributed by atoms with van der Waals surface area (Å²) in [6.45, 7) is 0.857. The number of carbonyl (C=O) groups excluding carboxylic acids is 1. The van der Waals surface area contributed by atoms with E-state index in [0.29, 0.717) is 6.42 Å². The van der Waals surface area contributed by atoms with E-state index in [1.54, 1.807) is 14.2 Å². The highest BCUT2D eigenvalue weighted by molar-refractivity contribution is 5.82. The lowest BCUT2D eigenvalue weighted by atomic mass is 9.95. The monoisotopic (exact) mass is 325 g/mol. The maximum absolute atomic E-state index is 11.9. The first-order valence-electron chi connectivity index (χ1n) is 8.25. The number of ether oxygens (including phenoxy) is 2. The van der Waals surface area contributed by atoms with Crippen molar-refractivity contribution in [3.05, 3.63) is 59.7 Å². The molecule has 2 aromatic carbocycles. The van der Waals surface area contributed by atoms with Crippen molar-refractivity contribution in [3.63, 3.8) is 0 Å². The quantitative estimate of drug-likeness (QED) is 0.734. The van der Waals surface area contributed by atoms with E-state index in [1.165, 1.54) is 11.1 Å². The standard InChI is InChI=1S/C20H23NO3/c1-23-18-7-3-15(4-8-18)13-17(21-12-11-20(21)22)14-16-5-9-19(24-2)10-6-16/h3-10,17H,11-14H2,1-2H3. The Morgan fingerprint density at radius 1 is 0.875 bits per heavy atom. The van der Waals surface area contributed by atoms with Crippen LogP contribution in [0, 0.1) is 0 Å². The first-order chi connectivity index (χ1) is 11.7. The minimum absolute atomic E-state index is 0.188. The molecule has 1 fully saturated rings. The van der Waals surface area contributed by atoms with Gasteiger partial charge in [0.05, 0.1) is 14.2 Å². The van der Waals surface area contributed by atoms with Gasteiger partial charge in [0.15, 0.2) is 0 Å². The van der Waals surface area contributed by atoms with E-state index in [1.807, 2.05) is 29.2 Å². The van der Waals surface area contributed by atoms with Gasteiger partial charge in [-0.3, -0.25) is 4.79 Å². The van der Waals surface area contributed by atoms with Gasteiger partial charge in [0, 0.05) is 19.0 Å². The molecular formula is C20H23NO3. The zero-order chi connectivity index (χ0) is 16.9. The molecule has 0 spiro atoms. The van der Waals surface area contributed by atoms with E-state index in [-0.39, 0.29) is 11.9 Å². The van der Waals surface area contributed by atoms with Gasteiger partial charge in [0.25, 0.3) is 0 Å².